The number of amides is 1. The van der Waals surface area contributed by atoms with Crippen LogP contribution in [0, 0.1) is 17.8 Å². The van der Waals surface area contributed by atoms with Crippen molar-refractivity contribution in [3.63, 3.8) is 0 Å². The van der Waals surface area contributed by atoms with Gasteiger partial charge in [-0.3, -0.25) is 4.79 Å². The smallest absolute Gasteiger partial charge is 0.227 e. The van der Waals surface area contributed by atoms with E-state index in [9.17, 15) is 4.79 Å². The largest absolute Gasteiger partial charge is 0.339 e. The van der Waals surface area contributed by atoms with Gasteiger partial charge in [0, 0.05) is 19.1 Å². The molecule has 1 saturated carbocycles. The summed E-state index contributed by atoms with van der Waals surface area (Å²) in [7, 11) is 0. The van der Waals surface area contributed by atoms with Crippen LogP contribution >= 0.6 is 0 Å². The molecule has 0 aromatic carbocycles. The van der Waals surface area contributed by atoms with Crippen LogP contribution in [0.3, 0.4) is 0 Å². The monoisotopic (exact) mass is 268 g/mol. The molecular weight excluding hydrogens is 236 g/mol. The molecule has 1 amide bonds. The molecule has 0 spiro atoms. The highest BCUT2D eigenvalue weighted by molar-refractivity contribution is 5.79. The fraction of sp³-hybridized carbons (Fsp3) is 0.938. The van der Waals surface area contributed by atoms with Crippen molar-refractivity contribution in [1.82, 2.24) is 4.90 Å². The van der Waals surface area contributed by atoms with E-state index < -0.39 is 0 Å². The van der Waals surface area contributed by atoms with E-state index in [0.29, 0.717) is 30.3 Å². The molecule has 1 aliphatic rings. The zero-order valence-electron chi connectivity index (χ0n) is 13.2. The second-order valence-electron chi connectivity index (χ2n) is 6.88. The summed E-state index contributed by atoms with van der Waals surface area (Å²) in [5.74, 6) is 1.38. The van der Waals surface area contributed by atoms with Crippen LogP contribution in [0.2, 0.25) is 0 Å². The number of hydrogen-bond donors (Lipinski definition) is 1. The predicted molar refractivity (Wildman–Crippen MR) is 80.8 cm³/mol. The van der Waals surface area contributed by atoms with Gasteiger partial charge in [-0.1, -0.05) is 40.5 Å². The average molecular weight is 268 g/mol. The summed E-state index contributed by atoms with van der Waals surface area (Å²) in [4.78, 5) is 14.9. The Morgan fingerprint density at radius 2 is 1.74 bits per heavy atom. The van der Waals surface area contributed by atoms with E-state index in [2.05, 4.69) is 32.6 Å². The summed E-state index contributed by atoms with van der Waals surface area (Å²) in [6, 6.07) is 0.469. The van der Waals surface area contributed by atoms with Crippen molar-refractivity contribution in [3.05, 3.63) is 0 Å². The number of rotatable bonds is 7. The first-order valence-corrected chi connectivity index (χ1v) is 7.96. The highest BCUT2D eigenvalue weighted by Gasteiger charge is 2.31. The quantitative estimate of drug-likeness (QED) is 0.771. The van der Waals surface area contributed by atoms with Gasteiger partial charge in [-0.05, 0) is 31.1 Å². The van der Waals surface area contributed by atoms with Gasteiger partial charge in [0.1, 0.15) is 0 Å². The molecule has 0 heterocycles. The Morgan fingerprint density at radius 3 is 2.16 bits per heavy atom. The standard InChI is InChI=1S/C16H32N2O/c1-12(2)9-14(10-17)16(19)18(11-13(3)4)15-7-5-6-8-15/h12-15H,5-11,17H2,1-4H3. The number of nitrogens with zero attached hydrogens (tertiary/aromatic N) is 1. The molecule has 0 aromatic rings. The highest BCUT2D eigenvalue weighted by atomic mass is 16.2. The Morgan fingerprint density at radius 1 is 1.16 bits per heavy atom. The first-order valence-electron chi connectivity index (χ1n) is 7.96. The van der Waals surface area contributed by atoms with E-state index in [1.165, 1.54) is 25.7 Å². The van der Waals surface area contributed by atoms with Crippen LogP contribution < -0.4 is 5.73 Å². The van der Waals surface area contributed by atoms with Gasteiger partial charge in [0.15, 0.2) is 0 Å². The lowest BCUT2D eigenvalue weighted by atomic mass is 9.94. The maximum absolute atomic E-state index is 12.8. The van der Waals surface area contributed by atoms with E-state index >= 15 is 0 Å². The number of carbonyl (C=O) groups is 1. The second kappa shape index (κ2) is 7.88. The SMILES string of the molecule is CC(C)CC(CN)C(=O)N(CC(C)C)C1CCCC1. The minimum Gasteiger partial charge on any atom is -0.339 e. The van der Waals surface area contributed by atoms with Crippen molar-refractivity contribution in [2.75, 3.05) is 13.1 Å². The van der Waals surface area contributed by atoms with Crippen LogP contribution in [0.5, 0.6) is 0 Å². The fourth-order valence-electron chi connectivity index (χ4n) is 3.13. The molecule has 19 heavy (non-hydrogen) atoms. The summed E-state index contributed by atoms with van der Waals surface area (Å²) in [6.45, 7) is 10.1. The van der Waals surface area contributed by atoms with Crippen LogP contribution in [0.1, 0.15) is 59.8 Å². The Labute approximate surface area is 118 Å². The molecule has 0 aromatic heterocycles. The summed E-state index contributed by atoms with van der Waals surface area (Å²) in [6.07, 6.45) is 5.81. The van der Waals surface area contributed by atoms with Crippen molar-refractivity contribution < 1.29 is 4.79 Å². The number of nitrogens with two attached hydrogens (primary N) is 1. The molecule has 1 rings (SSSR count). The topological polar surface area (TPSA) is 46.3 Å². The van der Waals surface area contributed by atoms with Crippen molar-refractivity contribution in [1.29, 1.82) is 0 Å². The highest BCUT2D eigenvalue weighted by Crippen LogP contribution is 2.26. The predicted octanol–water partition coefficient (Wildman–Crippen LogP) is 3.03. The third-order valence-corrected chi connectivity index (χ3v) is 4.00. The van der Waals surface area contributed by atoms with Crippen molar-refractivity contribution in [2.45, 2.75) is 65.8 Å². The zero-order chi connectivity index (χ0) is 14.4. The van der Waals surface area contributed by atoms with Crippen LogP contribution in [0.15, 0.2) is 0 Å². The molecule has 0 saturated heterocycles. The van der Waals surface area contributed by atoms with Crippen LogP contribution in [-0.4, -0.2) is 29.9 Å². The van der Waals surface area contributed by atoms with Gasteiger partial charge in [0.2, 0.25) is 5.91 Å². The Kier molecular flexibility index (Phi) is 6.84. The molecule has 0 radical (unpaired) electrons. The van der Waals surface area contributed by atoms with Crippen molar-refractivity contribution >= 4 is 5.91 Å². The van der Waals surface area contributed by atoms with Gasteiger partial charge in [-0.25, -0.2) is 0 Å². The van der Waals surface area contributed by atoms with Crippen LogP contribution in [-0.2, 0) is 4.79 Å². The minimum absolute atomic E-state index is 0.0133. The van der Waals surface area contributed by atoms with Gasteiger partial charge in [-0.15, -0.1) is 0 Å². The van der Waals surface area contributed by atoms with E-state index in [1.54, 1.807) is 0 Å². The summed E-state index contributed by atoms with van der Waals surface area (Å²) in [5, 5.41) is 0. The molecule has 1 aliphatic carbocycles. The Bertz CT molecular complexity index is 270. The van der Waals surface area contributed by atoms with Gasteiger partial charge in [0.05, 0.1) is 5.92 Å². The fourth-order valence-corrected chi connectivity index (χ4v) is 3.13. The number of carbonyl (C=O) groups excluding carboxylic acids is 1. The molecule has 3 nitrogen and oxygen atoms in total. The van der Waals surface area contributed by atoms with Crippen LogP contribution in [0.4, 0.5) is 0 Å². The van der Waals surface area contributed by atoms with E-state index in [1.807, 2.05) is 0 Å². The molecule has 1 atom stereocenters. The molecule has 1 unspecified atom stereocenters. The van der Waals surface area contributed by atoms with E-state index in [0.717, 1.165) is 13.0 Å². The second-order valence-corrected chi connectivity index (χ2v) is 6.88. The first kappa shape index (κ1) is 16.5. The van der Waals surface area contributed by atoms with Crippen molar-refractivity contribution in [2.24, 2.45) is 23.5 Å². The maximum Gasteiger partial charge on any atom is 0.227 e. The van der Waals surface area contributed by atoms with Gasteiger partial charge in [-0.2, -0.15) is 0 Å². The normalized spacial score (nSPS) is 18.3. The molecule has 3 heteroatoms. The third-order valence-electron chi connectivity index (χ3n) is 4.00. The lowest BCUT2D eigenvalue weighted by Crippen LogP contribution is -2.46. The Balaban J connectivity index is 2.73. The van der Waals surface area contributed by atoms with Gasteiger partial charge in [0.25, 0.3) is 0 Å². The summed E-state index contributed by atoms with van der Waals surface area (Å²) in [5.41, 5.74) is 5.84. The maximum atomic E-state index is 12.8. The molecule has 0 aliphatic heterocycles. The third kappa shape index (κ3) is 5.13. The van der Waals surface area contributed by atoms with E-state index in [-0.39, 0.29) is 5.92 Å². The molecule has 112 valence electrons. The average Bonchev–Trinajstić information content (AvgIpc) is 2.85. The number of hydrogen-bond acceptors (Lipinski definition) is 2. The van der Waals surface area contributed by atoms with Crippen LogP contribution in [0.25, 0.3) is 0 Å². The lowest BCUT2D eigenvalue weighted by Gasteiger charge is -2.34. The van der Waals surface area contributed by atoms with Gasteiger partial charge < -0.3 is 10.6 Å². The minimum atomic E-state index is 0.0133. The summed E-state index contributed by atoms with van der Waals surface area (Å²) >= 11 is 0. The Hall–Kier alpha value is -0.570. The summed E-state index contributed by atoms with van der Waals surface area (Å²) < 4.78 is 0. The van der Waals surface area contributed by atoms with Crippen molar-refractivity contribution in [3.8, 4) is 0 Å². The molecule has 0 bridgehead atoms. The molecule has 1 fully saturated rings. The zero-order valence-corrected chi connectivity index (χ0v) is 13.2. The lowest BCUT2D eigenvalue weighted by molar-refractivity contribution is -0.138. The molecular formula is C16H32N2O. The first-order chi connectivity index (χ1) is 8.95. The van der Waals surface area contributed by atoms with Gasteiger partial charge >= 0.3 is 0 Å². The van der Waals surface area contributed by atoms with E-state index in [4.69, 9.17) is 5.73 Å². The molecule has 2 N–H and O–H groups in total.